The van der Waals surface area contributed by atoms with Gasteiger partial charge in [-0.25, -0.2) is 4.79 Å². The van der Waals surface area contributed by atoms with Crippen molar-refractivity contribution in [3.63, 3.8) is 0 Å². The Balaban J connectivity index is 0.000000187. The highest BCUT2D eigenvalue weighted by atomic mass is 16.4. The Morgan fingerprint density at radius 1 is 1.89 bits per heavy atom. The van der Waals surface area contributed by atoms with Crippen molar-refractivity contribution in [2.75, 3.05) is 6.61 Å². The van der Waals surface area contributed by atoms with Crippen LogP contribution in [0.4, 0.5) is 0 Å². The highest BCUT2D eigenvalue weighted by molar-refractivity contribution is 4.58. The van der Waals surface area contributed by atoms with Gasteiger partial charge in [0.2, 0.25) is 0 Å². The highest BCUT2D eigenvalue weighted by Crippen LogP contribution is 1.62. The van der Waals surface area contributed by atoms with Crippen molar-refractivity contribution >= 4 is 0 Å². The fourth-order valence-electron chi connectivity index (χ4n) is 0.232. The van der Waals surface area contributed by atoms with Crippen LogP contribution in [-0.2, 0) is 0 Å². The predicted molar refractivity (Wildman–Crippen MR) is 32.1 cm³/mol. The first kappa shape index (κ1) is 7.97. The fraction of sp³-hybridized carbons (Fsp3) is 0.400. The molecule has 52 valence electrons. The van der Waals surface area contributed by atoms with Crippen LogP contribution in [0.25, 0.3) is 0 Å². The molecule has 1 aromatic heterocycles. The second-order valence-corrected chi connectivity index (χ2v) is 1.17. The van der Waals surface area contributed by atoms with Gasteiger partial charge in [-0.2, -0.15) is 0 Å². The third-order valence-corrected chi connectivity index (χ3v) is 0.444. The molecule has 4 heteroatoms. The van der Waals surface area contributed by atoms with E-state index in [1.54, 1.807) is 6.92 Å². The molecule has 0 unspecified atom stereocenters. The number of oxazole rings is 1. The molecule has 1 aromatic rings. The van der Waals surface area contributed by atoms with Crippen molar-refractivity contribution in [1.29, 1.82) is 0 Å². The maximum atomic E-state index is 9.85. The zero-order chi connectivity index (χ0) is 7.11. The van der Waals surface area contributed by atoms with Gasteiger partial charge in [-0.05, 0) is 6.92 Å². The van der Waals surface area contributed by atoms with Gasteiger partial charge in [0.15, 0.2) is 0 Å². The fourth-order valence-corrected chi connectivity index (χ4v) is 0.232. The van der Waals surface area contributed by atoms with Crippen molar-refractivity contribution in [1.82, 2.24) is 4.98 Å². The van der Waals surface area contributed by atoms with E-state index in [4.69, 9.17) is 5.11 Å². The van der Waals surface area contributed by atoms with Crippen LogP contribution in [0.3, 0.4) is 0 Å². The van der Waals surface area contributed by atoms with Crippen LogP contribution in [0.15, 0.2) is 21.7 Å². The standard InChI is InChI=1S/C3H3NO2.C2H6O/c5-3-4-1-2-6-3;1-2-3/h1-2H,(H,4,5);3H,2H2,1H3. The molecule has 0 fully saturated rings. The summed E-state index contributed by atoms with van der Waals surface area (Å²) in [5.74, 6) is -0.407. The second-order valence-electron chi connectivity index (χ2n) is 1.17. The largest absolute Gasteiger partial charge is 0.417 e. The van der Waals surface area contributed by atoms with Crippen LogP contribution < -0.4 is 5.76 Å². The molecule has 0 aromatic carbocycles. The van der Waals surface area contributed by atoms with E-state index in [0.717, 1.165) is 0 Å². The molecule has 0 spiro atoms. The van der Waals surface area contributed by atoms with Gasteiger partial charge in [-0.1, -0.05) is 0 Å². The number of aromatic amines is 1. The minimum atomic E-state index is -0.407. The Morgan fingerprint density at radius 2 is 2.44 bits per heavy atom. The predicted octanol–water partition coefficient (Wildman–Crippen LogP) is -0.0335. The first-order valence-electron chi connectivity index (χ1n) is 2.54. The van der Waals surface area contributed by atoms with E-state index in [1.807, 2.05) is 0 Å². The van der Waals surface area contributed by atoms with E-state index in [9.17, 15) is 4.79 Å². The molecule has 2 N–H and O–H groups in total. The van der Waals surface area contributed by atoms with Gasteiger partial charge >= 0.3 is 5.76 Å². The van der Waals surface area contributed by atoms with E-state index in [-0.39, 0.29) is 6.61 Å². The Kier molecular flexibility index (Phi) is 4.53. The molecule has 0 saturated heterocycles. The smallest absolute Gasteiger partial charge is 0.416 e. The van der Waals surface area contributed by atoms with Crippen LogP contribution >= 0.6 is 0 Å². The van der Waals surface area contributed by atoms with Gasteiger partial charge in [-0.3, -0.25) is 4.98 Å². The lowest BCUT2D eigenvalue weighted by Gasteiger charge is -1.52. The maximum Gasteiger partial charge on any atom is 0.416 e. The Bertz CT molecular complexity index is 162. The normalized spacial score (nSPS) is 7.78. The molecule has 0 radical (unpaired) electrons. The first-order valence-corrected chi connectivity index (χ1v) is 2.54. The van der Waals surface area contributed by atoms with Crippen LogP contribution in [0.2, 0.25) is 0 Å². The Hall–Kier alpha value is -1.03. The number of aliphatic hydroxyl groups excluding tert-OH is 1. The molecule has 0 aliphatic rings. The SMILES string of the molecule is CCO.O=c1[nH]cco1. The van der Waals surface area contributed by atoms with E-state index < -0.39 is 5.76 Å². The van der Waals surface area contributed by atoms with E-state index in [0.29, 0.717) is 0 Å². The summed E-state index contributed by atoms with van der Waals surface area (Å²) in [6.07, 6.45) is 2.73. The molecule has 0 aliphatic heterocycles. The zero-order valence-electron chi connectivity index (χ0n) is 5.13. The highest BCUT2D eigenvalue weighted by Gasteiger charge is 1.72. The van der Waals surface area contributed by atoms with E-state index >= 15 is 0 Å². The summed E-state index contributed by atoms with van der Waals surface area (Å²) >= 11 is 0. The average Bonchev–Trinajstić information content (AvgIpc) is 2.20. The maximum absolute atomic E-state index is 9.85. The molecule has 9 heavy (non-hydrogen) atoms. The summed E-state index contributed by atoms with van der Waals surface area (Å²) in [6, 6.07) is 0. The topological polar surface area (TPSA) is 66.2 Å². The third kappa shape index (κ3) is 4.83. The molecule has 0 amide bonds. The molecule has 0 bridgehead atoms. The molecular weight excluding hydrogens is 122 g/mol. The number of H-pyrrole nitrogens is 1. The number of hydrogen-bond acceptors (Lipinski definition) is 3. The lowest BCUT2D eigenvalue weighted by molar-refractivity contribution is 0.318. The summed E-state index contributed by atoms with van der Waals surface area (Å²) in [6.45, 7) is 1.93. The van der Waals surface area contributed by atoms with Crippen molar-refractivity contribution < 1.29 is 9.52 Å². The second kappa shape index (κ2) is 5.11. The van der Waals surface area contributed by atoms with Gasteiger partial charge in [0, 0.05) is 12.8 Å². The van der Waals surface area contributed by atoms with Crippen LogP contribution in [-0.4, -0.2) is 16.7 Å². The van der Waals surface area contributed by atoms with Crippen LogP contribution in [0.1, 0.15) is 6.92 Å². The molecule has 1 heterocycles. The lowest BCUT2D eigenvalue weighted by Crippen LogP contribution is -1.91. The zero-order valence-corrected chi connectivity index (χ0v) is 5.13. The van der Waals surface area contributed by atoms with Gasteiger partial charge in [0.25, 0.3) is 0 Å². The third-order valence-electron chi connectivity index (χ3n) is 0.444. The van der Waals surface area contributed by atoms with Gasteiger partial charge in [0.05, 0.1) is 0 Å². The van der Waals surface area contributed by atoms with Crippen molar-refractivity contribution in [2.45, 2.75) is 6.92 Å². The van der Waals surface area contributed by atoms with Gasteiger partial charge < -0.3 is 9.52 Å². The molecule has 4 nitrogen and oxygen atoms in total. The summed E-state index contributed by atoms with van der Waals surface area (Å²) in [5, 5.41) is 7.57. The summed E-state index contributed by atoms with van der Waals surface area (Å²) < 4.78 is 4.22. The average molecular weight is 131 g/mol. The summed E-state index contributed by atoms with van der Waals surface area (Å²) in [5.41, 5.74) is 0. The number of aliphatic hydroxyl groups is 1. The monoisotopic (exact) mass is 131 g/mol. The number of aromatic nitrogens is 1. The molecule has 0 aliphatic carbocycles. The Morgan fingerprint density at radius 3 is 2.56 bits per heavy atom. The van der Waals surface area contributed by atoms with E-state index in [2.05, 4.69) is 9.40 Å². The van der Waals surface area contributed by atoms with Crippen molar-refractivity contribution in [3.8, 4) is 0 Å². The van der Waals surface area contributed by atoms with Gasteiger partial charge in [-0.15, -0.1) is 0 Å². The van der Waals surface area contributed by atoms with Crippen LogP contribution in [0.5, 0.6) is 0 Å². The van der Waals surface area contributed by atoms with Crippen molar-refractivity contribution in [2.24, 2.45) is 0 Å². The molecule has 0 saturated carbocycles. The molecule has 1 rings (SSSR count). The van der Waals surface area contributed by atoms with E-state index in [1.165, 1.54) is 12.5 Å². The molecule has 0 atom stereocenters. The number of hydrogen-bond donors (Lipinski definition) is 2. The van der Waals surface area contributed by atoms with Gasteiger partial charge in [0.1, 0.15) is 6.26 Å². The first-order chi connectivity index (χ1) is 4.31. The lowest BCUT2D eigenvalue weighted by atomic mass is 10.9. The minimum Gasteiger partial charge on any atom is -0.417 e. The number of nitrogens with one attached hydrogen (secondary N) is 1. The molecular formula is C5H9NO3. The number of rotatable bonds is 0. The van der Waals surface area contributed by atoms with Crippen LogP contribution in [0, 0.1) is 0 Å². The Labute approximate surface area is 52.1 Å². The van der Waals surface area contributed by atoms with Crippen molar-refractivity contribution in [3.05, 3.63) is 23.0 Å². The quantitative estimate of drug-likeness (QED) is 0.519. The summed E-state index contributed by atoms with van der Waals surface area (Å²) in [4.78, 5) is 12.1. The summed E-state index contributed by atoms with van der Waals surface area (Å²) in [7, 11) is 0. The minimum absolute atomic E-state index is 0.250.